The highest BCUT2D eigenvalue weighted by Crippen LogP contribution is 2.23. The number of rotatable bonds is 6. The van der Waals surface area contributed by atoms with Gasteiger partial charge in [0.1, 0.15) is 4.34 Å². The first kappa shape index (κ1) is 11.5. The maximum absolute atomic E-state index is 11.8. The van der Waals surface area contributed by atoms with Gasteiger partial charge in [0.05, 0.1) is 18.8 Å². The molecule has 0 aliphatic carbocycles. The molecule has 0 amide bonds. The molecule has 0 bridgehead atoms. The molecule has 0 spiro atoms. The molecule has 0 aliphatic heterocycles. The van der Waals surface area contributed by atoms with Gasteiger partial charge in [0.25, 0.3) is 0 Å². The van der Waals surface area contributed by atoms with E-state index in [1.807, 2.05) is 0 Å². The Hall–Kier alpha value is -0.620. The topological polar surface area (TPSA) is 50.2 Å². The minimum absolute atomic E-state index is 0.0415. The van der Waals surface area contributed by atoms with Gasteiger partial charge in [0, 0.05) is 11.1 Å². The monoisotopic (exact) mass is 235 g/mol. The van der Waals surface area contributed by atoms with Crippen molar-refractivity contribution in [2.45, 2.75) is 17.2 Å². The zero-order chi connectivity index (χ0) is 10.4. The maximum Gasteiger partial charge on any atom is 0.309 e. The molecule has 1 heterocycles. The van der Waals surface area contributed by atoms with Gasteiger partial charge in [-0.1, -0.05) is 11.8 Å². The van der Waals surface area contributed by atoms with E-state index in [0.717, 1.165) is 4.34 Å². The molecule has 0 aliphatic rings. The van der Waals surface area contributed by atoms with Crippen LogP contribution in [-0.2, 0) is 11.2 Å². The number of thioether (sulfide) groups is 1. The Bertz CT molecular complexity index is 303. The van der Waals surface area contributed by atoms with Crippen molar-refractivity contribution in [3.63, 3.8) is 0 Å². The Labute approximate surface area is 89.4 Å². The molecule has 0 unspecified atom stereocenters. The fourth-order valence-corrected chi connectivity index (χ4v) is 2.62. The number of nitrogens with zero attached hydrogens (tertiary/aromatic N) is 1. The first-order chi connectivity index (χ1) is 6.72. The summed E-state index contributed by atoms with van der Waals surface area (Å²) in [6.45, 7) is -0.319. The zero-order valence-electron chi connectivity index (χ0n) is 7.40. The molecule has 14 heavy (non-hydrogen) atoms. The molecular formula is C8H10FNO2S2. The number of alkyl halides is 1. The van der Waals surface area contributed by atoms with E-state index in [1.165, 1.54) is 23.1 Å². The predicted molar refractivity (Wildman–Crippen MR) is 54.8 cm³/mol. The molecule has 3 nitrogen and oxygen atoms in total. The summed E-state index contributed by atoms with van der Waals surface area (Å²) in [5, 5.41) is 10.2. The van der Waals surface area contributed by atoms with Gasteiger partial charge in [-0.15, -0.1) is 11.3 Å². The van der Waals surface area contributed by atoms with Crippen LogP contribution >= 0.6 is 23.1 Å². The molecule has 1 N–H and O–H groups in total. The summed E-state index contributed by atoms with van der Waals surface area (Å²) in [7, 11) is 0. The molecule has 0 aromatic carbocycles. The van der Waals surface area contributed by atoms with Gasteiger partial charge in [-0.2, -0.15) is 0 Å². The number of thiazole rings is 1. The summed E-state index contributed by atoms with van der Waals surface area (Å²) in [5.41, 5.74) is 0.574. The van der Waals surface area contributed by atoms with E-state index in [9.17, 15) is 9.18 Å². The van der Waals surface area contributed by atoms with Crippen LogP contribution in [0.2, 0.25) is 0 Å². The molecule has 78 valence electrons. The van der Waals surface area contributed by atoms with Gasteiger partial charge in [-0.05, 0) is 6.42 Å². The molecule has 0 saturated heterocycles. The Morgan fingerprint density at radius 3 is 3.14 bits per heavy atom. The average molecular weight is 235 g/mol. The third-order valence-corrected chi connectivity index (χ3v) is 3.52. The van der Waals surface area contributed by atoms with Crippen molar-refractivity contribution < 1.29 is 14.3 Å². The quantitative estimate of drug-likeness (QED) is 0.606. The van der Waals surface area contributed by atoms with Gasteiger partial charge in [-0.3, -0.25) is 9.18 Å². The number of aromatic nitrogens is 1. The second-order valence-corrected chi connectivity index (χ2v) is 4.77. The summed E-state index contributed by atoms with van der Waals surface area (Å²) in [6, 6.07) is 0. The number of carboxylic acids is 1. The van der Waals surface area contributed by atoms with E-state index in [0.29, 0.717) is 17.9 Å². The van der Waals surface area contributed by atoms with E-state index >= 15 is 0 Å². The highest BCUT2D eigenvalue weighted by molar-refractivity contribution is 8.00. The van der Waals surface area contributed by atoms with Crippen molar-refractivity contribution in [1.82, 2.24) is 4.98 Å². The van der Waals surface area contributed by atoms with Crippen LogP contribution < -0.4 is 0 Å². The summed E-state index contributed by atoms with van der Waals surface area (Å²) in [5.74, 6) is -0.188. The second-order valence-electron chi connectivity index (χ2n) is 2.57. The number of hydrogen-bond donors (Lipinski definition) is 1. The number of carboxylic acid groups (broad SMARTS) is 1. The first-order valence-corrected chi connectivity index (χ1v) is 5.94. The lowest BCUT2D eigenvalue weighted by Crippen LogP contribution is -1.99. The number of hydrogen-bond acceptors (Lipinski definition) is 4. The third-order valence-electron chi connectivity index (χ3n) is 1.37. The fourth-order valence-electron chi connectivity index (χ4n) is 0.805. The molecule has 1 aromatic heterocycles. The van der Waals surface area contributed by atoms with Gasteiger partial charge >= 0.3 is 5.97 Å². The third kappa shape index (κ3) is 4.06. The summed E-state index contributed by atoms with van der Waals surface area (Å²) >= 11 is 2.88. The van der Waals surface area contributed by atoms with Crippen LogP contribution in [0.4, 0.5) is 4.39 Å². The van der Waals surface area contributed by atoms with Crippen LogP contribution in [0.1, 0.15) is 12.1 Å². The standard InChI is InChI=1S/C8H10FNO2S2/c9-2-1-3-13-8-10-6(5-14-8)4-7(11)12/h5H,1-4H2,(H,11,12). The van der Waals surface area contributed by atoms with Crippen molar-refractivity contribution in [3.8, 4) is 0 Å². The molecule has 6 heteroatoms. The minimum atomic E-state index is -0.879. The van der Waals surface area contributed by atoms with Crippen molar-refractivity contribution >= 4 is 29.1 Å². The lowest BCUT2D eigenvalue weighted by Gasteiger charge is -1.92. The van der Waals surface area contributed by atoms with Crippen LogP contribution in [0.5, 0.6) is 0 Å². The summed E-state index contributed by atoms with van der Waals surface area (Å²) < 4.78 is 12.6. The normalized spacial score (nSPS) is 10.4. The van der Waals surface area contributed by atoms with E-state index in [1.54, 1.807) is 5.38 Å². The molecule has 0 saturated carbocycles. The predicted octanol–water partition coefficient (Wildman–Crippen LogP) is 2.22. The van der Waals surface area contributed by atoms with Crippen LogP contribution in [-0.4, -0.2) is 28.5 Å². The summed E-state index contributed by atoms with van der Waals surface area (Å²) in [4.78, 5) is 14.4. The van der Waals surface area contributed by atoms with Crippen molar-refractivity contribution in [2.75, 3.05) is 12.4 Å². The SMILES string of the molecule is O=C(O)Cc1csc(SCCCF)n1. The van der Waals surface area contributed by atoms with Gasteiger partial charge in [-0.25, -0.2) is 4.98 Å². The second kappa shape index (κ2) is 5.98. The Kier molecular flexibility index (Phi) is 4.89. The number of halogens is 1. The molecule has 0 atom stereocenters. The fraction of sp³-hybridized carbons (Fsp3) is 0.500. The molecular weight excluding hydrogens is 225 g/mol. The zero-order valence-corrected chi connectivity index (χ0v) is 9.04. The minimum Gasteiger partial charge on any atom is -0.481 e. The summed E-state index contributed by atoms with van der Waals surface area (Å²) in [6.07, 6.45) is 0.471. The van der Waals surface area contributed by atoms with Crippen LogP contribution in [0.15, 0.2) is 9.72 Å². The maximum atomic E-state index is 11.8. The van der Waals surface area contributed by atoms with E-state index < -0.39 is 5.97 Å². The highest BCUT2D eigenvalue weighted by Gasteiger charge is 2.05. The number of carbonyl (C=O) groups is 1. The largest absolute Gasteiger partial charge is 0.481 e. The Balaban J connectivity index is 2.38. The van der Waals surface area contributed by atoms with Crippen LogP contribution in [0.3, 0.4) is 0 Å². The van der Waals surface area contributed by atoms with E-state index in [-0.39, 0.29) is 13.1 Å². The molecule has 0 fully saturated rings. The molecule has 1 aromatic rings. The van der Waals surface area contributed by atoms with E-state index in [4.69, 9.17) is 5.11 Å². The van der Waals surface area contributed by atoms with Crippen molar-refractivity contribution in [3.05, 3.63) is 11.1 Å². The van der Waals surface area contributed by atoms with Gasteiger partial charge < -0.3 is 5.11 Å². The van der Waals surface area contributed by atoms with Crippen LogP contribution in [0, 0.1) is 0 Å². The van der Waals surface area contributed by atoms with Gasteiger partial charge in [0.2, 0.25) is 0 Å². The lowest BCUT2D eigenvalue weighted by atomic mass is 10.3. The highest BCUT2D eigenvalue weighted by atomic mass is 32.2. The average Bonchev–Trinajstić information content (AvgIpc) is 2.52. The molecule has 0 radical (unpaired) electrons. The van der Waals surface area contributed by atoms with E-state index in [2.05, 4.69) is 4.98 Å². The van der Waals surface area contributed by atoms with Crippen molar-refractivity contribution in [2.24, 2.45) is 0 Å². The number of aliphatic carboxylic acids is 1. The molecule has 1 rings (SSSR count). The van der Waals surface area contributed by atoms with Crippen LogP contribution in [0.25, 0.3) is 0 Å². The smallest absolute Gasteiger partial charge is 0.309 e. The first-order valence-electron chi connectivity index (χ1n) is 4.07. The van der Waals surface area contributed by atoms with Crippen molar-refractivity contribution in [1.29, 1.82) is 0 Å². The van der Waals surface area contributed by atoms with Gasteiger partial charge in [0.15, 0.2) is 0 Å². The Morgan fingerprint density at radius 1 is 1.71 bits per heavy atom. The lowest BCUT2D eigenvalue weighted by molar-refractivity contribution is -0.136. The Morgan fingerprint density at radius 2 is 2.50 bits per heavy atom.